The van der Waals surface area contributed by atoms with Crippen molar-refractivity contribution in [3.05, 3.63) is 81.4 Å². The second kappa shape index (κ2) is 5.49. The molecule has 122 valence electrons. The lowest BCUT2D eigenvalue weighted by Crippen LogP contribution is -2.26. The first-order valence-corrected chi connectivity index (χ1v) is 7.66. The standard InChI is InChI=1S/C19H13N3O3/c1-10-8-15-17(19(23)24-10)16(13(9-20)18(21)25-15)12-6-7-22-14-5-3-2-4-11(12)14/h2-8,16H,21H2,1H3/t16-/m1/s1. The fraction of sp³-hybridized carbons (Fsp3) is 0.105. The van der Waals surface area contributed by atoms with Crippen molar-refractivity contribution in [2.24, 2.45) is 5.73 Å². The third-order valence-electron chi connectivity index (χ3n) is 4.25. The average molecular weight is 331 g/mol. The third-order valence-corrected chi connectivity index (χ3v) is 4.25. The predicted molar refractivity (Wildman–Crippen MR) is 90.8 cm³/mol. The van der Waals surface area contributed by atoms with Crippen molar-refractivity contribution in [1.29, 1.82) is 5.26 Å². The van der Waals surface area contributed by atoms with Gasteiger partial charge in [0.15, 0.2) is 0 Å². The van der Waals surface area contributed by atoms with Crippen LogP contribution < -0.4 is 16.1 Å². The van der Waals surface area contributed by atoms with Gasteiger partial charge in [-0.2, -0.15) is 5.26 Å². The minimum absolute atomic E-state index is 0.00843. The Morgan fingerprint density at radius 3 is 2.88 bits per heavy atom. The van der Waals surface area contributed by atoms with E-state index in [2.05, 4.69) is 11.1 Å². The summed E-state index contributed by atoms with van der Waals surface area (Å²) in [6.07, 6.45) is 1.65. The van der Waals surface area contributed by atoms with Gasteiger partial charge in [0.05, 0.1) is 17.0 Å². The molecule has 6 heteroatoms. The van der Waals surface area contributed by atoms with Crippen LogP contribution >= 0.6 is 0 Å². The fourth-order valence-corrected chi connectivity index (χ4v) is 3.20. The molecule has 1 aromatic carbocycles. The van der Waals surface area contributed by atoms with Gasteiger partial charge in [0, 0.05) is 17.6 Å². The molecule has 2 aromatic heterocycles. The third kappa shape index (κ3) is 2.25. The first kappa shape index (κ1) is 15.0. The van der Waals surface area contributed by atoms with Crippen LogP contribution in [0.3, 0.4) is 0 Å². The molecule has 25 heavy (non-hydrogen) atoms. The topological polar surface area (TPSA) is 102 Å². The minimum atomic E-state index is -0.668. The number of hydrogen-bond acceptors (Lipinski definition) is 6. The lowest BCUT2D eigenvalue weighted by molar-refractivity contribution is 0.372. The van der Waals surface area contributed by atoms with Crippen molar-refractivity contribution in [2.75, 3.05) is 0 Å². The van der Waals surface area contributed by atoms with Crippen LogP contribution in [0.2, 0.25) is 0 Å². The second-order valence-corrected chi connectivity index (χ2v) is 5.76. The van der Waals surface area contributed by atoms with Crippen LogP contribution in [0, 0.1) is 18.3 Å². The number of rotatable bonds is 1. The Morgan fingerprint density at radius 2 is 2.08 bits per heavy atom. The lowest BCUT2D eigenvalue weighted by atomic mass is 9.83. The highest BCUT2D eigenvalue weighted by Gasteiger charge is 2.35. The zero-order chi connectivity index (χ0) is 17.6. The molecule has 0 unspecified atom stereocenters. The van der Waals surface area contributed by atoms with E-state index in [1.54, 1.807) is 25.3 Å². The number of hydrogen-bond donors (Lipinski definition) is 1. The Kier molecular flexibility index (Phi) is 3.29. The van der Waals surface area contributed by atoms with Gasteiger partial charge in [-0.1, -0.05) is 18.2 Å². The Labute approximate surface area is 142 Å². The maximum absolute atomic E-state index is 12.5. The molecule has 1 aliphatic rings. The highest BCUT2D eigenvalue weighted by Crippen LogP contribution is 2.42. The Bertz CT molecular complexity index is 1130. The molecule has 0 spiro atoms. The molecule has 3 aromatic rings. The average Bonchev–Trinajstić information content (AvgIpc) is 2.60. The quantitative estimate of drug-likeness (QED) is 0.735. The van der Waals surface area contributed by atoms with E-state index < -0.39 is 11.5 Å². The number of aromatic nitrogens is 1. The van der Waals surface area contributed by atoms with Crippen molar-refractivity contribution in [1.82, 2.24) is 4.98 Å². The van der Waals surface area contributed by atoms with Crippen LogP contribution in [0.15, 0.2) is 63.3 Å². The maximum atomic E-state index is 12.5. The lowest BCUT2D eigenvalue weighted by Gasteiger charge is -2.25. The second-order valence-electron chi connectivity index (χ2n) is 5.76. The molecule has 3 heterocycles. The number of pyridine rings is 1. The number of nitriles is 1. The van der Waals surface area contributed by atoms with E-state index in [1.807, 2.05) is 24.3 Å². The molecule has 0 saturated heterocycles. The van der Waals surface area contributed by atoms with Crippen LogP contribution in [0.4, 0.5) is 0 Å². The SMILES string of the molecule is Cc1cc2c(c(=O)o1)[C@H](c1ccnc3ccccc13)C(C#N)=C(N)O2. The Hall–Kier alpha value is -3.59. The van der Waals surface area contributed by atoms with Crippen molar-refractivity contribution in [2.45, 2.75) is 12.8 Å². The molecule has 0 fully saturated rings. The number of nitrogens with two attached hydrogens (primary N) is 1. The van der Waals surface area contributed by atoms with Gasteiger partial charge in [0.25, 0.3) is 0 Å². The summed E-state index contributed by atoms with van der Waals surface area (Å²) in [5.74, 6) is 0.0517. The van der Waals surface area contributed by atoms with E-state index in [0.717, 1.165) is 16.5 Å². The first-order chi connectivity index (χ1) is 12.1. The summed E-state index contributed by atoms with van der Waals surface area (Å²) < 4.78 is 10.8. The summed E-state index contributed by atoms with van der Waals surface area (Å²) in [4.78, 5) is 16.9. The molecule has 1 aliphatic heterocycles. The summed E-state index contributed by atoms with van der Waals surface area (Å²) in [7, 11) is 0. The van der Waals surface area contributed by atoms with E-state index in [0.29, 0.717) is 11.5 Å². The van der Waals surface area contributed by atoms with Gasteiger partial charge >= 0.3 is 5.63 Å². The van der Waals surface area contributed by atoms with E-state index >= 15 is 0 Å². The molecule has 0 saturated carbocycles. The number of aryl methyl sites for hydroxylation is 1. The number of ether oxygens (including phenoxy) is 1. The Balaban J connectivity index is 2.09. The molecule has 0 bridgehead atoms. The van der Waals surface area contributed by atoms with Gasteiger partial charge in [-0.05, 0) is 24.6 Å². The Morgan fingerprint density at radius 1 is 1.28 bits per heavy atom. The van der Waals surface area contributed by atoms with E-state index in [9.17, 15) is 10.1 Å². The van der Waals surface area contributed by atoms with Crippen LogP contribution in [-0.4, -0.2) is 4.98 Å². The van der Waals surface area contributed by atoms with Gasteiger partial charge in [-0.3, -0.25) is 4.98 Å². The number of fused-ring (bicyclic) bond motifs is 2. The minimum Gasteiger partial charge on any atom is -0.440 e. The molecular formula is C19H13N3O3. The number of para-hydroxylation sites is 1. The zero-order valence-electron chi connectivity index (χ0n) is 13.3. The van der Waals surface area contributed by atoms with Crippen molar-refractivity contribution >= 4 is 10.9 Å². The summed E-state index contributed by atoms with van der Waals surface area (Å²) in [6, 6.07) is 13.0. The molecule has 0 aliphatic carbocycles. The predicted octanol–water partition coefficient (Wildman–Crippen LogP) is 2.71. The van der Waals surface area contributed by atoms with Crippen LogP contribution in [0.5, 0.6) is 5.75 Å². The van der Waals surface area contributed by atoms with Gasteiger partial charge in [0.2, 0.25) is 5.88 Å². The van der Waals surface area contributed by atoms with Crippen LogP contribution in [0.1, 0.15) is 22.8 Å². The summed E-state index contributed by atoms with van der Waals surface area (Å²) in [6.45, 7) is 1.65. The van der Waals surface area contributed by atoms with Gasteiger partial charge in [-0.25, -0.2) is 4.79 Å². The fourth-order valence-electron chi connectivity index (χ4n) is 3.20. The highest BCUT2D eigenvalue weighted by molar-refractivity contribution is 5.84. The summed E-state index contributed by atoms with van der Waals surface area (Å²) in [5, 5.41) is 10.5. The molecule has 1 atom stereocenters. The van der Waals surface area contributed by atoms with Gasteiger partial charge in [-0.15, -0.1) is 0 Å². The number of benzene rings is 1. The molecule has 0 amide bonds. The highest BCUT2D eigenvalue weighted by atomic mass is 16.5. The number of nitrogens with zero attached hydrogens (tertiary/aromatic N) is 2. The molecule has 6 nitrogen and oxygen atoms in total. The van der Waals surface area contributed by atoms with Crippen molar-refractivity contribution in [3.63, 3.8) is 0 Å². The number of allylic oxidation sites excluding steroid dienone is 1. The normalized spacial score (nSPS) is 16.2. The zero-order valence-corrected chi connectivity index (χ0v) is 13.3. The van der Waals surface area contributed by atoms with Crippen LogP contribution in [0.25, 0.3) is 10.9 Å². The maximum Gasteiger partial charge on any atom is 0.343 e. The van der Waals surface area contributed by atoms with Crippen LogP contribution in [-0.2, 0) is 0 Å². The monoisotopic (exact) mass is 331 g/mol. The van der Waals surface area contributed by atoms with E-state index in [4.69, 9.17) is 14.9 Å². The first-order valence-electron chi connectivity index (χ1n) is 7.66. The van der Waals surface area contributed by atoms with Gasteiger partial charge in [0.1, 0.15) is 23.2 Å². The summed E-state index contributed by atoms with van der Waals surface area (Å²) >= 11 is 0. The molecule has 4 rings (SSSR count). The van der Waals surface area contributed by atoms with Crippen molar-refractivity contribution < 1.29 is 9.15 Å². The summed E-state index contributed by atoms with van der Waals surface area (Å²) in [5.41, 5.74) is 7.39. The smallest absolute Gasteiger partial charge is 0.343 e. The van der Waals surface area contributed by atoms with E-state index in [1.165, 1.54) is 0 Å². The molecule has 2 N–H and O–H groups in total. The van der Waals surface area contributed by atoms with Crippen molar-refractivity contribution in [3.8, 4) is 11.8 Å². The van der Waals surface area contributed by atoms with Gasteiger partial charge < -0.3 is 14.9 Å². The largest absolute Gasteiger partial charge is 0.440 e. The van der Waals surface area contributed by atoms with E-state index in [-0.39, 0.29) is 17.0 Å². The molecule has 0 radical (unpaired) electrons. The molecular weight excluding hydrogens is 318 g/mol.